The molecule has 5 nitrogen and oxygen atoms in total. The Morgan fingerprint density at radius 3 is 2.55 bits per heavy atom. The molecular formula is C23H22BrN3O2. The quantitative estimate of drug-likeness (QED) is 0.386. The molecule has 3 aromatic carbocycles. The lowest BCUT2D eigenvalue weighted by Gasteiger charge is -2.17. The molecule has 0 aliphatic rings. The zero-order valence-corrected chi connectivity index (χ0v) is 17.7. The first-order valence-electron chi connectivity index (χ1n) is 9.41. The Morgan fingerprint density at radius 1 is 0.966 bits per heavy atom. The Balaban J connectivity index is 1.49. The Bertz CT molecular complexity index is 1060. The molecule has 0 unspecified atom stereocenters. The summed E-state index contributed by atoms with van der Waals surface area (Å²) in [6.07, 6.45) is 0. The average molecular weight is 452 g/mol. The number of nitrogens with zero attached hydrogens (tertiary/aromatic N) is 1. The third-order valence-electron chi connectivity index (χ3n) is 4.65. The normalized spacial score (nSPS) is 11.0. The molecule has 0 fully saturated rings. The van der Waals surface area contributed by atoms with Crippen molar-refractivity contribution in [2.24, 2.45) is 0 Å². The van der Waals surface area contributed by atoms with Crippen LogP contribution in [0.5, 0.6) is 11.5 Å². The summed E-state index contributed by atoms with van der Waals surface area (Å²) < 4.78 is 12.7. The van der Waals surface area contributed by atoms with E-state index in [1.807, 2.05) is 66.7 Å². The van der Waals surface area contributed by atoms with Gasteiger partial charge in [0.05, 0.1) is 24.7 Å². The highest BCUT2D eigenvalue weighted by atomic mass is 79.9. The Morgan fingerprint density at radius 2 is 1.76 bits per heavy atom. The predicted molar refractivity (Wildman–Crippen MR) is 118 cm³/mol. The van der Waals surface area contributed by atoms with E-state index in [0.717, 1.165) is 38.2 Å². The van der Waals surface area contributed by atoms with Crippen LogP contribution in [-0.2, 0) is 19.7 Å². The molecule has 0 atom stereocenters. The van der Waals surface area contributed by atoms with E-state index in [4.69, 9.17) is 9.47 Å². The Kier molecular flexibility index (Phi) is 6.12. The summed E-state index contributed by atoms with van der Waals surface area (Å²) in [5.74, 6) is 2.35. The summed E-state index contributed by atoms with van der Waals surface area (Å²) in [5, 5.41) is 3.45. The summed E-state index contributed by atoms with van der Waals surface area (Å²) in [4.78, 5) is 7.95. The molecule has 4 rings (SSSR count). The largest absolute Gasteiger partial charge is 0.493 e. The highest BCUT2D eigenvalue weighted by Crippen LogP contribution is 2.36. The number of nitrogens with one attached hydrogen (secondary N) is 2. The van der Waals surface area contributed by atoms with Crippen LogP contribution >= 0.6 is 15.9 Å². The topological polar surface area (TPSA) is 59.2 Å². The first-order chi connectivity index (χ1) is 14.2. The lowest BCUT2D eigenvalue weighted by molar-refractivity contribution is 0.280. The molecule has 0 amide bonds. The molecule has 0 radical (unpaired) electrons. The minimum atomic E-state index is 0.476. The van der Waals surface area contributed by atoms with Gasteiger partial charge in [-0.25, -0.2) is 4.98 Å². The molecule has 0 bridgehead atoms. The van der Waals surface area contributed by atoms with Gasteiger partial charge < -0.3 is 19.8 Å². The number of ether oxygens (including phenoxy) is 2. The number of fused-ring (bicyclic) bond motifs is 1. The molecule has 4 aromatic rings. The van der Waals surface area contributed by atoms with Crippen LogP contribution in [0.2, 0.25) is 0 Å². The number of methoxy groups -OCH3 is 1. The third-order valence-corrected chi connectivity index (χ3v) is 5.39. The Hall–Kier alpha value is -2.83. The predicted octanol–water partition coefficient (Wildman–Crippen LogP) is 5.20. The first-order valence-corrected chi connectivity index (χ1v) is 10.2. The van der Waals surface area contributed by atoms with Crippen molar-refractivity contribution in [3.05, 3.63) is 88.2 Å². The van der Waals surface area contributed by atoms with E-state index in [-0.39, 0.29) is 0 Å². The highest BCUT2D eigenvalue weighted by molar-refractivity contribution is 9.10. The molecule has 29 heavy (non-hydrogen) atoms. The van der Waals surface area contributed by atoms with Crippen LogP contribution in [0.3, 0.4) is 0 Å². The van der Waals surface area contributed by atoms with Crippen LogP contribution < -0.4 is 14.8 Å². The summed E-state index contributed by atoms with van der Waals surface area (Å²) >= 11 is 3.65. The van der Waals surface area contributed by atoms with Gasteiger partial charge in [0, 0.05) is 16.6 Å². The second kappa shape index (κ2) is 9.11. The lowest BCUT2D eigenvalue weighted by Crippen LogP contribution is -2.15. The van der Waals surface area contributed by atoms with Gasteiger partial charge >= 0.3 is 0 Å². The average Bonchev–Trinajstić information content (AvgIpc) is 3.17. The van der Waals surface area contributed by atoms with Gasteiger partial charge in [0.2, 0.25) is 0 Å². The van der Waals surface area contributed by atoms with Crippen LogP contribution in [0.15, 0.2) is 71.2 Å². The first kappa shape index (κ1) is 19.5. The summed E-state index contributed by atoms with van der Waals surface area (Å²) in [5.41, 5.74) is 4.13. The van der Waals surface area contributed by atoms with E-state index in [1.165, 1.54) is 0 Å². The third kappa shape index (κ3) is 4.60. The summed E-state index contributed by atoms with van der Waals surface area (Å²) in [6.45, 7) is 1.71. The van der Waals surface area contributed by atoms with Crippen molar-refractivity contribution in [2.75, 3.05) is 7.11 Å². The molecule has 0 saturated heterocycles. The van der Waals surface area contributed by atoms with Gasteiger partial charge in [0.25, 0.3) is 0 Å². The number of para-hydroxylation sites is 2. The second-order valence-corrected chi connectivity index (χ2v) is 7.49. The fraction of sp³-hybridized carbons (Fsp3) is 0.174. The number of imidazole rings is 1. The standard InChI is InChI=1S/C23H22BrN3O2/c1-28-21-12-11-18(24)17(23(21)29-15-16-7-3-2-4-8-16)13-25-14-22-26-19-9-5-6-10-20(19)27-22/h2-12,25H,13-15H2,1H3,(H,26,27). The lowest BCUT2D eigenvalue weighted by atomic mass is 10.1. The van der Waals surface area contributed by atoms with E-state index in [2.05, 4.69) is 31.2 Å². The zero-order chi connectivity index (χ0) is 20.1. The molecule has 0 aliphatic heterocycles. The summed E-state index contributed by atoms with van der Waals surface area (Å²) in [7, 11) is 1.66. The van der Waals surface area contributed by atoms with E-state index in [0.29, 0.717) is 25.4 Å². The summed E-state index contributed by atoms with van der Waals surface area (Å²) in [6, 6.07) is 22.0. The number of aromatic amines is 1. The molecule has 148 valence electrons. The molecule has 6 heteroatoms. The number of H-pyrrole nitrogens is 1. The van der Waals surface area contributed by atoms with Gasteiger partial charge in [0.15, 0.2) is 11.5 Å². The van der Waals surface area contributed by atoms with Crippen LogP contribution in [0.1, 0.15) is 17.0 Å². The molecular weight excluding hydrogens is 430 g/mol. The van der Waals surface area contributed by atoms with Crippen molar-refractivity contribution in [2.45, 2.75) is 19.7 Å². The van der Waals surface area contributed by atoms with Crippen molar-refractivity contribution in [3.8, 4) is 11.5 Å². The second-order valence-electron chi connectivity index (χ2n) is 6.64. The highest BCUT2D eigenvalue weighted by Gasteiger charge is 2.15. The number of hydrogen-bond donors (Lipinski definition) is 2. The van der Waals surface area contributed by atoms with E-state index in [1.54, 1.807) is 7.11 Å². The van der Waals surface area contributed by atoms with Crippen molar-refractivity contribution in [1.29, 1.82) is 0 Å². The minimum absolute atomic E-state index is 0.476. The van der Waals surface area contributed by atoms with Crippen LogP contribution in [0.25, 0.3) is 11.0 Å². The van der Waals surface area contributed by atoms with Crippen molar-refractivity contribution < 1.29 is 9.47 Å². The van der Waals surface area contributed by atoms with Gasteiger partial charge in [0.1, 0.15) is 12.4 Å². The maximum atomic E-state index is 6.16. The number of halogens is 1. The van der Waals surface area contributed by atoms with Gasteiger partial charge in [-0.3, -0.25) is 0 Å². The van der Waals surface area contributed by atoms with Crippen LogP contribution in [-0.4, -0.2) is 17.1 Å². The van der Waals surface area contributed by atoms with Crippen LogP contribution in [0, 0.1) is 0 Å². The SMILES string of the molecule is COc1ccc(Br)c(CNCc2nc3ccccc3[nH]2)c1OCc1ccccc1. The number of benzene rings is 3. The number of hydrogen-bond acceptors (Lipinski definition) is 4. The van der Waals surface area contributed by atoms with Crippen molar-refractivity contribution in [3.63, 3.8) is 0 Å². The maximum Gasteiger partial charge on any atom is 0.167 e. The van der Waals surface area contributed by atoms with Crippen LogP contribution in [0.4, 0.5) is 0 Å². The smallest absolute Gasteiger partial charge is 0.167 e. The molecule has 0 aliphatic carbocycles. The van der Waals surface area contributed by atoms with Gasteiger partial charge in [-0.15, -0.1) is 0 Å². The monoisotopic (exact) mass is 451 g/mol. The van der Waals surface area contributed by atoms with E-state index >= 15 is 0 Å². The molecule has 2 N–H and O–H groups in total. The van der Waals surface area contributed by atoms with Crippen molar-refractivity contribution >= 4 is 27.0 Å². The zero-order valence-electron chi connectivity index (χ0n) is 16.1. The molecule has 1 aromatic heterocycles. The maximum absolute atomic E-state index is 6.16. The van der Waals surface area contributed by atoms with E-state index in [9.17, 15) is 0 Å². The Labute approximate surface area is 178 Å². The molecule has 1 heterocycles. The number of aromatic nitrogens is 2. The van der Waals surface area contributed by atoms with Crippen molar-refractivity contribution in [1.82, 2.24) is 15.3 Å². The van der Waals surface area contributed by atoms with Gasteiger partial charge in [-0.1, -0.05) is 58.4 Å². The number of rotatable bonds is 8. The fourth-order valence-electron chi connectivity index (χ4n) is 3.19. The van der Waals surface area contributed by atoms with Gasteiger partial charge in [-0.2, -0.15) is 0 Å². The van der Waals surface area contributed by atoms with E-state index < -0.39 is 0 Å². The molecule has 0 saturated carbocycles. The van der Waals surface area contributed by atoms with Gasteiger partial charge in [-0.05, 0) is 29.8 Å². The molecule has 0 spiro atoms. The fourth-order valence-corrected chi connectivity index (χ4v) is 3.64. The minimum Gasteiger partial charge on any atom is -0.493 e.